The zero-order chi connectivity index (χ0) is 10.4. The van der Waals surface area contributed by atoms with Crippen molar-refractivity contribution >= 4 is 0 Å². The first-order valence-corrected chi connectivity index (χ1v) is 5.22. The normalized spacial score (nSPS) is 12.9. The number of aliphatic hydroxyl groups is 1. The third-order valence-corrected chi connectivity index (χ3v) is 1.33. The minimum atomic E-state index is 0. The van der Waals surface area contributed by atoms with Crippen LogP contribution in [0, 0.1) is 0 Å². The highest BCUT2D eigenvalue weighted by Crippen LogP contribution is 1.98. The van der Waals surface area contributed by atoms with Gasteiger partial charge >= 0.3 is 0 Å². The maximum atomic E-state index is 7.57. The summed E-state index contributed by atoms with van der Waals surface area (Å²) in [6.07, 6.45) is 2.56. The largest absolute Gasteiger partial charge is 0.412 e. The van der Waals surface area contributed by atoms with Crippen molar-refractivity contribution in [2.75, 3.05) is 32.9 Å². The molecule has 0 radical (unpaired) electrons. The molecule has 1 rings (SSSR count). The summed E-state index contributed by atoms with van der Waals surface area (Å²) in [6, 6.07) is 0. The van der Waals surface area contributed by atoms with Gasteiger partial charge in [0.1, 0.15) is 0 Å². The van der Waals surface area contributed by atoms with Crippen LogP contribution in [0.4, 0.5) is 0 Å². The van der Waals surface area contributed by atoms with Gasteiger partial charge in [-0.2, -0.15) is 0 Å². The number of rotatable bonds is 2. The Morgan fingerprint density at radius 1 is 1.07 bits per heavy atom. The topological polar surface area (TPSA) is 73.0 Å². The van der Waals surface area contributed by atoms with Gasteiger partial charge in [0, 0.05) is 19.8 Å². The Balaban J connectivity index is -0.000000130. The van der Waals surface area contributed by atoms with Crippen LogP contribution in [0.3, 0.4) is 0 Å². The van der Waals surface area contributed by atoms with Crippen LogP contribution in [-0.2, 0) is 4.74 Å². The van der Waals surface area contributed by atoms with Crippen molar-refractivity contribution in [3.05, 3.63) is 0 Å². The van der Waals surface area contributed by atoms with E-state index >= 15 is 0 Å². The van der Waals surface area contributed by atoms with Crippen molar-refractivity contribution in [1.29, 1.82) is 0 Å². The molecule has 0 aromatic heterocycles. The highest BCUT2D eigenvalue weighted by atomic mass is 16.5. The summed E-state index contributed by atoms with van der Waals surface area (Å²) in [5.74, 6) is 0. The Kier molecular flexibility index (Phi) is 31.9. The van der Waals surface area contributed by atoms with Crippen molar-refractivity contribution in [3.63, 3.8) is 0 Å². The van der Waals surface area contributed by atoms with Gasteiger partial charge < -0.3 is 20.6 Å². The molecule has 14 heavy (non-hydrogen) atoms. The van der Waals surface area contributed by atoms with E-state index in [-0.39, 0.29) is 12.1 Å². The van der Waals surface area contributed by atoms with E-state index in [0.29, 0.717) is 0 Å². The molecule has 0 atom stereocenters. The van der Waals surface area contributed by atoms with Gasteiger partial charge in [-0.15, -0.1) is 0 Å². The summed E-state index contributed by atoms with van der Waals surface area (Å²) in [5.41, 5.74) is 0. The van der Waals surface area contributed by atoms with Crippen molar-refractivity contribution in [2.24, 2.45) is 0 Å². The number of ether oxygens (including phenoxy) is 1. The fourth-order valence-corrected chi connectivity index (χ4v) is 0.760. The second-order valence-electron chi connectivity index (χ2n) is 2.59. The fourth-order valence-electron chi connectivity index (χ4n) is 0.760. The molecule has 0 aromatic rings. The molecule has 0 spiro atoms. The average molecular weight is 209 g/mol. The Hall–Kier alpha value is -0.160. The molecule has 1 aliphatic heterocycles. The Bertz CT molecular complexity index is 58.8. The third-order valence-electron chi connectivity index (χ3n) is 1.33. The van der Waals surface area contributed by atoms with E-state index in [0.717, 1.165) is 26.3 Å². The van der Waals surface area contributed by atoms with E-state index in [4.69, 9.17) is 9.84 Å². The number of nitrogens with one attached hydrogen (secondary N) is 1. The van der Waals surface area contributed by atoms with Crippen LogP contribution in [0.15, 0.2) is 0 Å². The Morgan fingerprint density at radius 3 is 1.50 bits per heavy atom. The Morgan fingerprint density at radius 2 is 1.43 bits per heavy atom. The minimum Gasteiger partial charge on any atom is -0.412 e. The van der Waals surface area contributed by atoms with Gasteiger partial charge in [-0.05, 0) is 32.9 Å². The lowest BCUT2D eigenvalue weighted by atomic mass is 10.4. The van der Waals surface area contributed by atoms with Crippen LogP contribution in [-0.4, -0.2) is 43.5 Å². The SMILES string of the molecule is C1CCOC1.CCNCC.CCO.O. The van der Waals surface area contributed by atoms with Crippen molar-refractivity contribution in [2.45, 2.75) is 33.6 Å². The highest BCUT2D eigenvalue weighted by molar-refractivity contribution is 4.43. The van der Waals surface area contributed by atoms with Crippen LogP contribution in [0.1, 0.15) is 33.6 Å². The molecule has 1 aliphatic rings. The zero-order valence-electron chi connectivity index (χ0n) is 9.81. The van der Waals surface area contributed by atoms with Crippen molar-refractivity contribution in [1.82, 2.24) is 5.32 Å². The lowest BCUT2D eigenvalue weighted by Crippen LogP contribution is -2.09. The summed E-state index contributed by atoms with van der Waals surface area (Å²) >= 11 is 0. The van der Waals surface area contributed by atoms with Gasteiger partial charge in [-0.3, -0.25) is 0 Å². The molecule has 0 unspecified atom stereocenters. The predicted octanol–water partition coefficient (Wildman–Crippen LogP) is 0.586. The van der Waals surface area contributed by atoms with Crippen LogP contribution in [0.5, 0.6) is 0 Å². The molecular weight excluding hydrogens is 182 g/mol. The summed E-state index contributed by atoms with van der Waals surface area (Å²) in [4.78, 5) is 0. The van der Waals surface area contributed by atoms with E-state index in [2.05, 4.69) is 19.2 Å². The van der Waals surface area contributed by atoms with Gasteiger partial charge in [0.15, 0.2) is 0 Å². The first-order valence-electron chi connectivity index (χ1n) is 5.22. The van der Waals surface area contributed by atoms with E-state index < -0.39 is 0 Å². The van der Waals surface area contributed by atoms with Crippen LogP contribution >= 0.6 is 0 Å². The van der Waals surface area contributed by atoms with E-state index in [1.54, 1.807) is 6.92 Å². The molecule has 4 N–H and O–H groups in total. The molecular formula is C10H27NO3. The summed E-state index contributed by atoms with van der Waals surface area (Å²) in [6.45, 7) is 10.3. The quantitative estimate of drug-likeness (QED) is 0.699. The standard InChI is InChI=1S/C4H11N.C4H8O.C2H6O.H2O/c1-3-5-4-2;1-2-4-5-3-1;1-2-3;/h5H,3-4H2,1-2H3;1-4H2;3H,2H2,1H3;1H2. The minimum absolute atomic E-state index is 0. The van der Waals surface area contributed by atoms with Gasteiger partial charge in [0.25, 0.3) is 0 Å². The number of hydrogen-bond acceptors (Lipinski definition) is 3. The molecule has 0 aliphatic carbocycles. The lowest BCUT2D eigenvalue weighted by Gasteiger charge is -1.86. The molecule has 0 aromatic carbocycles. The molecule has 0 amide bonds. The molecule has 90 valence electrons. The molecule has 0 bridgehead atoms. The van der Waals surface area contributed by atoms with Crippen LogP contribution in [0.25, 0.3) is 0 Å². The molecule has 1 fully saturated rings. The molecule has 0 saturated carbocycles. The molecule has 1 heterocycles. The second kappa shape index (κ2) is 23.0. The third kappa shape index (κ3) is 29.7. The smallest absolute Gasteiger partial charge is 0.0466 e. The predicted molar refractivity (Wildman–Crippen MR) is 60.6 cm³/mol. The molecule has 4 nitrogen and oxygen atoms in total. The molecule has 1 saturated heterocycles. The monoisotopic (exact) mass is 209 g/mol. The lowest BCUT2D eigenvalue weighted by molar-refractivity contribution is 0.198. The highest BCUT2D eigenvalue weighted by Gasteiger charge is 1.94. The van der Waals surface area contributed by atoms with Crippen LogP contribution < -0.4 is 5.32 Å². The van der Waals surface area contributed by atoms with Crippen LogP contribution in [0.2, 0.25) is 0 Å². The fraction of sp³-hybridized carbons (Fsp3) is 1.00. The number of hydrogen-bond donors (Lipinski definition) is 2. The summed E-state index contributed by atoms with van der Waals surface area (Å²) in [5, 5.41) is 10.7. The first-order chi connectivity index (χ1) is 6.33. The zero-order valence-corrected chi connectivity index (χ0v) is 9.81. The van der Waals surface area contributed by atoms with E-state index in [1.165, 1.54) is 12.8 Å². The van der Waals surface area contributed by atoms with Gasteiger partial charge in [-0.1, -0.05) is 13.8 Å². The summed E-state index contributed by atoms with van der Waals surface area (Å²) in [7, 11) is 0. The number of aliphatic hydroxyl groups excluding tert-OH is 1. The van der Waals surface area contributed by atoms with Gasteiger partial charge in [-0.25, -0.2) is 0 Å². The van der Waals surface area contributed by atoms with E-state index in [1.807, 2.05) is 0 Å². The van der Waals surface area contributed by atoms with Crippen molar-refractivity contribution < 1.29 is 15.3 Å². The van der Waals surface area contributed by atoms with E-state index in [9.17, 15) is 0 Å². The van der Waals surface area contributed by atoms with Gasteiger partial charge in [0.2, 0.25) is 0 Å². The first kappa shape index (κ1) is 19.4. The molecule has 4 heteroatoms. The van der Waals surface area contributed by atoms with Crippen molar-refractivity contribution in [3.8, 4) is 0 Å². The summed E-state index contributed by atoms with van der Waals surface area (Å²) < 4.78 is 4.94. The average Bonchev–Trinajstić information content (AvgIpc) is 2.64. The Labute approximate surface area is 88.0 Å². The maximum Gasteiger partial charge on any atom is 0.0466 e. The second-order valence-corrected chi connectivity index (χ2v) is 2.59. The maximum absolute atomic E-state index is 7.57. The van der Waals surface area contributed by atoms with Gasteiger partial charge in [0.05, 0.1) is 0 Å².